The van der Waals surface area contributed by atoms with E-state index in [0.29, 0.717) is 24.3 Å². The zero-order valence-corrected chi connectivity index (χ0v) is 17.9. The average Bonchev–Trinajstić information content (AvgIpc) is 2.73. The first-order valence-corrected chi connectivity index (χ1v) is 10.9. The van der Waals surface area contributed by atoms with Crippen LogP contribution in [0, 0.1) is 5.92 Å². The van der Waals surface area contributed by atoms with Gasteiger partial charge in [0.05, 0.1) is 6.42 Å². The number of piperidine rings is 1. The largest absolute Gasteiger partial charge is 0.508 e. The van der Waals surface area contributed by atoms with Gasteiger partial charge in [-0.1, -0.05) is 63.7 Å². The van der Waals surface area contributed by atoms with Crippen molar-refractivity contribution in [1.82, 2.24) is 9.80 Å². The number of hydrogen-bond acceptors (Lipinski definition) is 4. The molecule has 2 heterocycles. The first kappa shape index (κ1) is 23.3. The molecule has 2 aliphatic heterocycles. The standard InChI is InChI=1S/C25H32N2O3.CH4/c1-18-15-27-17-23(19-7-4-3-5-8-19)26(12-11-24(29)30)16-21(27)14-25(18,2)20-9-6-10-22(28)13-20;/h3-10,13,18,21,23,28H,11-12,14-17H2,1-2H3,(H,29,30);1H4/t18-,21+,23+,25+;/m0./s1. The number of aromatic hydroxyl groups is 1. The lowest BCUT2D eigenvalue weighted by molar-refractivity contribution is -0.138. The molecule has 0 amide bonds. The molecule has 2 fully saturated rings. The number of carbonyl (C=O) groups is 1. The summed E-state index contributed by atoms with van der Waals surface area (Å²) in [6.07, 6.45) is 1.17. The van der Waals surface area contributed by atoms with Crippen LogP contribution in [0.25, 0.3) is 0 Å². The van der Waals surface area contributed by atoms with E-state index in [9.17, 15) is 15.0 Å². The van der Waals surface area contributed by atoms with E-state index in [1.165, 1.54) is 11.1 Å². The number of nitrogens with zero attached hydrogens (tertiary/aromatic N) is 2. The normalized spacial score (nSPS) is 29.0. The quantitative estimate of drug-likeness (QED) is 0.738. The summed E-state index contributed by atoms with van der Waals surface area (Å²) in [4.78, 5) is 16.2. The van der Waals surface area contributed by atoms with Crippen molar-refractivity contribution in [1.29, 1.82) is 0 Å². The Kier molecular flexibility index (Phi) is 7.07. The maximum Gasteiger partial charge on any atom is 0.304 e. The molecular formula is C26H36N2O3. The number of carboxylic acids is 1. The summed E-state index contributed by atoms with van der Waals surface area (Å²) in [5.41, 5.74) is 2.44. The average molecular weight is 425 g/mol. The van der Waals surface area contributed by atoms with E-state index in [1.807, 2.05) is 18.2 Å². The van der Waals surface area contributed by atoms with Gasteiger partial charge < -0.3 is 10.2 Å². The van der Waals surface area contributed by atoms with Gasteiger partial charge in [-0.25, -0.2) is 0 Å². The lowest BCUT2D eigenvalue weighted by Gasteiger charge is -2.55. The van der Waals surface area contributed by atoms with Gasteiger partial charge in [-0.15, -0.1) is 0 Å². The van der Waals surface area contributed by atoms with Gasteiger partial charge in [0, 0.05) is 38.3 Å². The van der Waals surface area contributed by atoms with Gasteiger partial charge in [0.2, 0.25) is 0 Å². The fourth-order valence-electron chi connectivity index (χ4n) is 5.40. The van der Waals surface area contributed by atoms with E-state index < -0.39 is 5.97 Å². The minimum absolute atomic E-state index is 0. The summed E-state index contributed by atoms with van der Waals surface area (Å²) in [6, 6.07) is 18.8. The highest BCUT2D eigenvalue weighted by Gasteiger charge is 2.46. The number of phenols is 1. The topological polar surface area (TPSA) is 64.0 Å². The van der Waals surface area contributed by atoms with Gasteiger partial charge >= 0.3 is 5.97 Å². The summed E-state index contributed by atoms with van der Waals surface area (Å²) in [7, 11) is 0. The number of piperazine rings is 1. The Morgan fingerprint density at radius 3 is 2.52 bits per heavy atom. The van der Waals surface area contributed by atoms with Gasteiger partial charge in [-0.05, 0) is 41.0 Å². The highest BCUT2D eigenvalue weighted by molar-refractivity contribution is 5.66. The predicted octanol–water partition coefficient (Wildman–Crippen LogP) is 4.53. The molecule has 5 nitrogen and oxygen atoms in total. The molecule has 4 atom stereocenters. The molecule has 31 heavy (non-hydrogen) atoms. The fraction of sp³-hybridized carbons (Fsp3) is 0.500. The van der Waals surface area contributed by atoms with Crippen molar-refractivity contribution in [3.63, 3.8) is 0 Å². The third-order valence-electron chi connectivity index (χ3n) is 7.37. The van der Waals surface area contributed by atoms with Crippen LogP contribution < -0.4 is 0 Å². The number of benzene rings is 2. The Hall–Kier alpha value is -2.37. The first-order valence-electron chi connectivity index (χ1n) is 10.9. The molecule has 0 spiro atoms. The number of rotatable bonds is 5. The number of fused-ring (bicyclic) bond motifs is 1. The van der Waals surface area contributed by atoms with Gasteiger partial charge in [0.15, 0.2) is 0 Å². The van der Waals surface area contributed by atoms with Crippen molar-refractivity contribution >= 4 is 5.97 Å². The zero-order chi connectivity index (χ0) is 21.3. The Morgan fingerprint density at radius 2 is 1.84 bits per heavy atom. The van der Waals surface area contributed by atoms with Crippen molar-refractivity contribution in [2.45, 2.75) is 51.6 Å². The van der Waals surface area contributed by atoms with Crippen LogP contribution in [0.1, 0.15) is 51.3 Å². The molecule has 0 aliphatic carbocycles. The third-order valence-corrected chi connectivity index (χ3v) is 7.37. The van der Waals surface area contributed by atoms with Crippen molar-refractivity contribution in [2.75, 3.05) is 26.2 Å². The Labute approximate surface area is 186 Å². The van der Waals surface area contributed by atoms with E-state index in [2.05, 4.69) is 54.0 Å². The fourth-order valence-corrected chi connectivity index (χ4v) is 5.40. The second-order valence-electron chi connectivity index (χ2n) is 9.25. The van der Waals surface area contributed by atoms with Gasteiger partial charge in [0.1, 0.15) is 5.75 Å². The molecule has 2 saturated heterocycles. The number of phenolic OH excluding ortho intramolecular Hbond substituents is 1. The summed E-state index contributed by atoms with van der Waals surface area (Å²) in [6.45, 7) is 8.00. The third kappa shape index (κ3) is 4.78. The van der Waals surface area contributed by atoms with Crippen LogP contribution in [0.15, 0.2) is 54.6 Å². The van der Waals surface area contributed by atoms with Crippen LogP contribution in [0.5, 0.6) is 5.75 Å². The summed E-state index contributed by atoms with van der Waals surface area (Å²) >= 11 is 0. The van der Waals surface area contributed by atoms with Crippen molar-refractivity contribution in [3.05, 3.63) is 65.7 Å². The van der Waals surface area contributed by atoms with Crippen LogP contribution in [-0.4, -0.2) is 58.2 Å². The second kappa shape index (κ2) is 9.41. The molecule has 0 saturated carbocycles. The van der Waals surface area contributed by atoms with Crippen LogP contribution >= 0.6 is 0 Å². The molecule has 168 valence electrons. The molecule has 2 N–H and O–H groups in total. The molecule has 0 bridgehead atoms. The summed E-state index contributed by atoms with van der Waals surface area (Å²) < 4.78 is 0. The van der Waals surface area contributed by atoms with Crippen LogP contribution in [0.2, 0.25) is 0 Å². The Morgan fingerprint density at radius 1 is 1.10 bits per heavy atom. The minimum Gasteiger partial charge on any atom is -0.508 e. The molecule has 4 rings (SSSR count). The van der Waals surface area contributed by atoms with Crippen LogP contribution in [0.3, 0.4) is 0 Å². The predicted molar refractivity (Wildman–Crippen MR) is 124 cm³/mol. The number of carboxylic acid groups (broad SMARTS) is 1. The van der Waals surface area contributed by atoms with E-state index >= 15 is 0 Å². The number of aliphatic carboxylic acids is 1. The Bertz CT molecular complexity index is 887. The molecule has 5 heteroatoms. The monoisotopic (exact) mass is 424 g/mol. The molecule has 0 radical (unpaired) electrons. The van der Waals surface area contributed by atoms with Crippen molar-refractivity contribution < 1.29 is 15.0 Å². The lowest BCUT2D eigenvalue weighted by atomic mass is 9.65. The maximum atomic E-state index is 11.3. The summed E-state index contributed by atoms with van der Waals surface area (Å²) in [5.74, 6) is 0.0304. The lowest BCUT2D eigenvalue weighted by Crippen LogP contribution is -2.61. The molecular weight excluding hydrogens is 388 g/mol. The first-order chi connectivity index (χ1) is 14.4. The van der Waals surface area contributed by atoms with E-state index in [-0.39, 0.29) is 25.3 Å². The van der Waals surface area contributed by atoms with E-state index in [0.717, 1.165) is 26.1 Å². The maximum absolute atomic E-state index is 11.3. The molecule has 2 aromatic rings. The molecule has 0 aromatic heterocycles. The van der Waals surface area contributed by atoms with Crippen molar-refractivity contribution in [3.8, 4) is 5.75 Å². The highest BCUT2D eigenvalue weighted by atomic mass is 16.4. The summed E-state index contributed by atoms with van der Waals surface area (Å²) in [5, 5.41) is 19.3. The highest BCUT2D eigenvalue weighted by Crippen LogP contribution is 2.45. The van der Waals surface area contributed by atoms with Gasteiger partial charge in [-0.2, -0.15) is 0 Å². The van der Waals surface area contributed by atoms with E-state index in [4.69, 9.17) is 0 Å². The SMILES string of the molecule is C.C[C@H]1CN2C[C@H](c3ccccc3)N(CCC(=O)O)C[C@H]2C[C@@]1(C)c1cccc(O)c1. The van der Waals surface area contributed by atoms with Crippen LogP contribution in [-0.2, 0) is 10.2 Å². The number of hydrogen-bond donors (Lipinski definition) is 2. The van der Waals surface area contributed by atoms with E-state index in [1.54, 1.807) is 6.07 Å². The molecule has 2 aliphatic rings. The van der Waals surface area contributed by atoms with Gasteiger partial charge in [0.25, 0.3) is 0 Å². The van der Waals surface area contributed by atoms with Crippen LogP contribution in [0.4, 0.5) is 0 Å². The minimum atomic E-state index is -0.744. The van der Waals surface area contributed by atoms with Gasteiger partial charge in [-0.3, -0.25) is 14.6 Å². The molecule has 2 aromatic carbocycles. The Balaban J connectivity index is 0.00000272. The zero-order valence-electron chi connectivity index (χ0n) is 17.9. The molecule has 0 unspecified atom stereocenters. The van der Waals surface area contributed by atoms with Crippen molar-refractivity contribution in [2.24, 2.45) is 5.92 Å². The second-order valence-corrected chi connectivity index (χ2v) is 9.25. The smallest absolute Gasteiger partial charge is 0.304 e.